The summed E-state index contributed by atoms with van der Waals surface area (Å²) in [5, 5.41) is 3.54. The monoisotopic (exact) mass is 425 g/mol. The number of nitrogens with one attached hydrogen (secondary N) is 1. The molecule has 1 heterocycles. The van der Waals surface area contributed by atoms with E-state index in [2.05, 4.69) is 38.4 Å². The van der Waals surface area contributed by atoms with Crippen LogP contribution in [0.1, 0.15) is 24.0 Å². The van der Waals surface area contributed by atoms with Crippen LogP contribution in [0.2, 0.25) is 0 Å². The first-order valence-electron chi connectivity index (χ1n) is 8.96. The van der Waals surface area contributed by atoms with Gasteiger partial charge in [-0.1, -0.05) is 40.2 Å². The number of fused-ring (bicyclic) bond motifs is 1. The molecule has 1 aromatic heterocycles. The fourth-order valence-electron chi connectivity index (χ4n) is 3.47. The van der Waals surface area contributed by atoms with Crippen molar-refractivity contribution in [1.29, 1.82) is 0 Å². The van der Waals surface area contributed by atoms with E-state index in [0.29, 0.717) is 17.4 Å². The Hall–Kier alpha value is -2.47. The van der Waals surface area contributed by atoms with Gasteiger partial charge in [0.2, 0.25) is 5.91 Å². The molecule has 1 aliphatic rings. The smallest absolute Gasteiger partial charge is 0.261 e. The number of para-hydroxylation sites is 1. The summed E-state index contributed by atoms with van der Waals surface area (Å²) in [7, 11) is 0. The van der Waals surface area contributed by atoms with E-state index in [4.69, 9.17) is 0 Å². The van der Waals surface area contributed by atoms with E-state index in [-0.39, 0.29) is 23.4 Å². The molecule has 0 atom stereocenters. The minimum atomic E-state index is -0.188. The fourth-order valence-corrected chi connectivity index (χ4v) is 3.86. The molecule has 1 amide bonds. The van der Waals surface area contributed by atoms with E-state index >= 15 is 0 Å². The number of nitrogens with zero attached hydrogens (tertiary/aromatic N) is 2. The zero-order chi connectivity index (χ0) is 19.0. The highest BCUT2D eigenvalue weighted by molar-refractivity contribution is 9.10. The van der Waals surface area contributed by atoms with Crippen molar-refractivity contribution >= 4 is 32.7 Å². The number of rotatable bonds is 5. The lowest BCUT2D eigenvalue weighted by atomic mass is 9.96. The first kappa shape index (κ1) is 17.9. The van der Waals surface area contributed by atoms with E-state index in [1.807, 2.05) is 31.2 Å². The SMILES string of the molecule is Cc1cccc2c(=O)n(CC(=O)NCC3(c4cccc(Br)c4)CC3)cnc12. The van der Waals surface area contributed by atoms with Gasteiger partial charge in [0.25, 0.3) is 5.56 Å². The van der Waals surface area contributed by atoms with Gasteiger partial charge in [-0.25, -0.2) is 4.98 Å². The van der Waals surface area contributed by atoms with Gasteiger partial charge in [-0.2, -0.15) is 0 Å². The van der Waals surface area contributed by atoms with Gasteiger partial charge in [0.05, 0.1) is 17.2 Å². The molecule has 0 spiro atoms. The number of aryl methyl sites for hydroxylation is 1. The summed E-state index contributed by atoms with van der Waals surface area (Å²) in [6, 6.07) is 13.7. The van der Waals surface area contributed by atoms with Crippen molar-refractivity contribution in [2.45, 2.75) is 31.7 Å². The van der Waals surface area contributed by atoms with Gasteiger partial charge in [-0.15, -0.1) is 0 Å². The van der Waals surface area contributed by atoms with E-state index in [0.717, 1.165) is 22.9 Å². The molecule has 1 fully saturated rings. The second kappa shape index (κ2) is 6.93. The fraction of sp³-hybridized carbons (Fsp3) is 0.286. The Morgan fingerprint density at radius 2 is 2.04 bits per heavy atom. The van der Waals surface area contributed by atoms with Crippen molar-refractivity contribution in [2.75, 3.05) is 6.54 Å². The lowest BCUT2D eigenvalue weighted by Crippen LogP contribution is -2.36. The van der Waals surface area contributed by atoms with Crippen molar-refractivity contribution in [1.82, 2.24) is 14.9 Å². The summed E-state index contributed by atoms with van der Waals surface area (Å²) in [4.78, 5) is 29.4. The molecule has 27 heavy (non-hydrogen) atoms. The number of halogens is 1. The van der Waals surface area contributed by atoms with Crippen LogP contribution in [0.3, 0.4) is 0 Å². The van der Waals surface area contributed by atoms with Gasteiger partial charge in [0.15, 0.2) is 0 Å². The minimum Gasteiger partial charge on any atom is -0.354 e. The van der Waals surface area contributed by atoms with Crippen molar-refractivity contribution in [2.24, 2.45) is 0 Å². The number of hydrogen-bond donors (Lipinski definition) is 1. The molecular weight excluding hydrogens is 406 g/mol. The highest BCUT2D eigenvalue weighted by Gasteiger charge is 2.44. The standard InChI is InChI=1S/C21H20BrN3O2/c1-14-4-2-7-17-19(14)24-13-25(20(17)27)11-18(26)23-12-21(8-9-21)15-5-3-6-16(22)10-15/h2-7,10,13H,8-9,11-12H2,1H3,(H,23,26). The van der Waals surface area contributed by atoms with E-state index in [1.165, 1.54) is 16.5 Å². The predicted octanol–water partition coefficient (Wildman–Crippen LogP) is 3.32. The predicted molar refractivity (Wildman–Crippen MR) is 109 cm³/mol. The molecule has 2 aromatic carbocycles. The second-order valence-corrected chi connectivity index (χ2v) is 8.13. The Balaban J connectivity index is 1.47. The molecule has 5 nitrogen and oxygen atoms in total. The molecular formula is C21H20BrN3O2. The van der Waals surface area contributed by atoms with Crippen molar-refractivity contribution in [3.8, 4) is 0 Å². The molecule has 3 aromatic rings. The number of benzene rings is 2. The molecule has 1 aliphatic carbocycles. The molecule has 138 valence electrons. The summed E-state index contributed by atoms with van der Waals surface area (Å²) in [5.41, 5.74) is 2.70. The number of amides is 1. The van der Waals surface area contributed by atoms with Crippen LogP contribution < -0.4 is 10.9 Å². The summed E-state index contributed by atoms with van der Waals surface area (Å²) in [6.45, 7) is 2.48. The summed E-state index contributed by atoms with van der Waals surface area (Å²) in [6.07, 6.45) is 3.57. The van der Waals surface area contributed by atoms with Crippen LogP contribution in [0, 0.1) is 6.92 Å². The van der Waals surface area contributed by atoms with Crippen LogP contribution in [0.4, 0.5) is 0 Å². The van der Waals surface area contributed by atoms with Crippen molar-refractivity contribution in [3.05, 3.63) is 74.7 Å². The molecule has 1 saturated carbocycles. The highest BCUT2D eigenvalue weighted by atomic mass is 79.9. The molecule has 6 heteroatoms. The van der Waals surface area contributed by atoms with Crippen LogP contribution >= 0.6 is 15.9 Å². The third-order valence-electron chi connectivity index (χ3n) is 5.28. The molecule has 4 rings (SSSR count). The third-order valence-corrected chi connectivity index (χ3v) is 5.78. The second-order valence-electron chi connectivity index (χ2n) is 7.22. The molecule has 0 bridgehead atoms. The number of hydrogen-bond acceptors (Lipinski definition) is 3. The van der Waals surface area contributed by atoms with Crippen LogP contribution in [0.5, 0.6) is 0 Å². The molecule has 0 radical (unpaired) electrons. The average Bonchev–Trinajstić information content (AvgIpc) is 3.44. The summed E-state index contributed by atoms with van der Waals surface area (Å²) in [5.74, 6) is -0.174. The molecule has 1 N–H and O–H groups in total. The van der Waals surface area contributed by atoms with Crippen LogP contribution in [0.15, 0.2) is 58.1 Å². The Labute approximate surface area is 165 Å². The van der Waals surface area contributed by atoms with Crippen molar-refractivity contribution < 1.29 is 4.79 Å². The minimum absolute atomic E-state index is 0.0170. The maximum Gasteiger partial charge on any atom is 0.261 e. The van der Waals surface area contributed by atoms with Gasteiger partial charge in [0.1, 0.15) is 6.54 Å². The highest BCUT2D eigenvalue weighted by Crippen LogP contribution is 2.48. The molecule has 0 saturated heterocycles. The van der Waals surface area contributed by atoms with Gasteiger partial charge < -0.3 is 5.32 Å². The Bertz CT molecular complexity index is 1090. The van der Waals surface area contributed by atoms with Crippen LogP contribution in [0.25, 0.3) is 10.9 Å². The number of carbonyl (C=O) groups is 1. The first-order chi connectivity index (χ1) is 13.0. The van der Waals surface area contributed by atoms with Gasteiger partial charge in [-0.3, -0.25) is 14.2 Å². The largest absolute Gasteiger partial charge is 0.354 e. The summed E-state index contributed by atoms with van der Waals surface area (Å²) >= 11 is 3.51. The Morgan fingerprint density at radius 3 is 2.78 bits per heavy atom. The Morgan fingerprint density at radius 1 is 1.26 bits per heavy atom. The van der Waals surface area contributed by atoms with Gasteiger partial charge >= 0.3 is 0 Å². The lowest BCUT2D eigenvalue weighted by molar-refractivity contribution is -0.121. The van der Waals surface area contributed by atoms with E-state index in [9.17, 15) is 9.59 Å². The number of carbonyl (C=O) groups excluding carboxylic acids is 1. The van der Waals surface area contributed by atoms with Crippen molar-refractivity contribution in [3.63, 3.8) is 0 Å². The first-order valence-corrected chi connectivity index (χ1v) is 9.75. The molecule has 0 aliphatic heterocycles. The van der Waals surface area contributed by atoms with Gasteiger partial charge in [-0.05, 0) is 49.1 Å². The quantitative estimate of drug-likeness (QED) is 0.681. The van der Waals surface area contributed by atoms with Crippen LogP contribution in [-0.4, -0.2) is 22.0 Å². The molecule has 0 unspecified atom stereocenters. The van der Waals surface area contributed by atoms with Gasteiger partial charge in [0, 0.05) is 16.4 Å². The Kier molecular flexibility index (Phi) is 4.60. The van der Waals surface area contributed by atoms with E-state index < -0.39 is 0 Å². The third kappa shape index (κ3) is 3.54. The van der Waals surface area contributed by atoms with E-state index in [1.54, 1.807) is 6.07 Å². The zero-order valence-corrected chi connectivity index (χ0v) is 16.6. The number of aromatic nitrogens is 2. The lowest BCUT2D eigenvalue weighted by Gasteiger charge is -2.17. The maximum atomic E-state index is 12.6. The maximum absolute atomic E-state index is 12.6. The average molecular weight is 426 g/mol. The summed E-state index contributed by atoms with van der Waals surface area (Å²) < 4.78 is 2.41. The topological polar surface area (TPSA) is 64.0 Å². The van der Waals surface area contributed by atoms with Crippen LogP contribution in [-0.2, 0) is 16.8 Å². The normalized spacial score (nSPS) is 14.9. The zero-order valence-electron chi connectivity index (χ0n) is 15.0.